The zero-order valence-corrected chi connectivity index (χ0v) is 12.6. The number of piperazine rings is 1. The van der Waals surface area contributed by atoms with Crippen LogP contribution in [-0.2, 0) is 5.41 Å². The van der Waals surface area contributed by atoms with Gasteiger partial charge in [-0.05, 0) is 0 Å². The first-order valence-electron chi connectivity index (χ1n) is 7.19. The van der Waals surface area contributed by atoms with Crippen molar-refractivity contribution in [3.05, 3.63) is 22.1 Å². The van der Waals surface area contributed by atoms with Crippen molar-refractivity contribution < 1.29 is 0 Å². The van der Waals surface area contributed by atoms with E-state index in [4.69, 9.17) is 5.73 Å². The maximum Gasteiger partial charge on any atom is 0.252 e. The monoisotopic (exact) mass is 279 g/mol. The van der Waals surface area contributed by atoms with Gasteiger partial charge in [-0.1, -0.05) is 20.8 Å². The van der Waals surface area contributed by atoms with Crippen LogP contribution >= 0.6 is 0 Å². The molecule has 1 aliphatic heterocycles. The lowest BCUT2D eigenvalue weighted by atomic mass is 9.92. The summed E-state index contributed by atoms with van der Waals surface area (Å²) in [5.74, 6) is 0.690. The normalized spacial score (nSPS) is 17.5. The van der Waals surface area contributed by atoms with Crippen LogP contribution in [0.15, 0.2) is 10.9 Å². The van der Waals surface area contributed by atoms with Gasteiger partial charge in [-0.3, -0.25) is 14.7 Å². The van der Waals surface area contributed by atoms with Gasteiger partial charge in [0.05, 0.1) is 5.69 Å². The summed E-state index contributed by atoms with van der Waals surface area (Å²) < 4.78 is 0. The second-order valence-corrected chi connectivity index (χ2v) is 6.32. The van der Waals surface area contributed by atoms with E-state index in [2.05, 4.69) is 40.5 Å². The molecular weight excluding hydrogens is 254 g/mol. The molecule has 112 valence electrons. The number of hydrogen-bond donors (Lipinski definition) is 2. The molecule has 1 fully saturated rings. The summed E-state index contributed by atoms with van der Waals surface area (Å²) in [7, 11) is 0. The predicted molar refractivity (Wildman–Crippen MR) is 81.3 cm³/mol. The molecular formula is C14H25N5O. The summed E-state index contributed by atoms with van der Waals surface area (Å²) in [5.41, 5.74) is 6.21. The van der Waals surface area contributed by atoms with E-state index < -0.39 is 0 Å². The molecule has 1 aliphatic rings. The highest BCUT2D eigenvalue weighted by Crippen LogP contribution is 2.20. The molecule has 0 atom stereocenters. The van der Waals surface area contributed by atoms with Crippen LogP contribution in [0.2, 0.25) is 0 Å². The number of aromatic amines is 1. The van der Waals surface area contributed by atoms with E-state index >= 15 is 0 Å². The van der Waals surface area contributed by atoms with E-state index in [1.165, 1.54) is 0 Å². The van der Waals surface area contributed by atoms with Gasteiger partial charge in [-0.15, -0.1) is 0 Å². The van der Waals surface area contributed by atoms with Gasteiger partial charge in [-0.2, -0.15) is 0 Å². The van der Waals surface area contributed by atoms with Crippen molar-refractivity contribution >= 4 is 5.95 Å². The fraction of sp³-hybridized carbons (Fsp3) is 0.714. The Kier molecular flexibility index (Phi) is 4.45. The molecule has 2 heterocycles. The fourth-order valence-corrected chi connectivity index (χ4v) is 2.34. The lowest BCUT2D eigenvalue weighted by Gasteiger charge is -2.35. The minimum atomic E-state index is -0.121. The number of aromatic nitrogens is 2. The number of rotatable bonds is 3. The number of H-pyrrole nitrogens is 1. The molecule has 3 N–H and O–H groups in total. The second-order valence-electron chi connectivity index (χ2n) is 6.32. The Hall–Kier alpha value is -1.40. The van der Waals surface area contributed by atoms with Crippen molar-refractivity contribution in [2.75, 3.05) is 44.2 Å². The van der Waals surface area contributed by atoms with Gasteiger partial charge in [0.25, 0.3) is 5.56 Å². The van der Waals surface area contributed by atoms with Gasteiger partial charge < -0.3 is 10.6 Å². The van der Waals surface area contributed by atoms with E-state index in [-0.39, 0.29) is 11.0 Å². The van der Waals surface area contributed by atoms with Gasteiger partial charge >= 0.3 is 0 Å². The molecule has 0 amide bonds. The average Bonchev–Trinajstić information content (AvgIpc) is 2.38. The molecule has 6 heteroatoms. The summed E-state index contributed by atoms with van der Waals surface area (Å²) in [6.45, 7) is 11.5. The minimum Gasteiger partial charge on any atom is -0.340 e. The van der Waals surface area contributed by atoms with Crippen LogP contribution in [0.3, 0.4) is 0 Å². The van der Waals surface area contributed by atoms with Gasteiger partial charge in [0.2, 0.25) is 5.95 Å². The summed E-state index contributed by atoms with van der Waals surface area (Å²) in [6, 6.07) is 1.59. The van der Waals surface area contributed by atoms with E-state index in [0.717, 1.165) is 38.4 Å². The Balaban J connectivity index is 2.14. The number of nitrogens with one attached hydrogen (secondary N) is 1. The molecule has 0 aliphatic carbocycles. The van der Waals surface area contributed by atoms with Crippen molar-refractivity contribution in [1.29, 1.82) is 0 Å². The van der Waals surface area contributed by atoms with Crippen molar-refractivity contribution in [2.45, 2.75) is 26.2 Å². The van der Waals surface area contributed by atoms with Crippen LogP contribution in [0.5, 0.6) is 0 Å². The molecule has 1 aromatic heterocycles. The smallest absolute Gasteiger partial charge is 0.252 e. The van der Waals surface area contributed by atoms with Crippen LogP contribution in [-0.4, -0.2) is 54.1 Å². The predicted octanol–water partition coefficient (Wildman–Crippen LogP) is 0.148. The summed E-state index contributed by atoms with van der Waals surface area (Å²) in [6.07, 6.45) is 0. The third-order valence-corrected chi connectivity index (χ3v) is 3.61. The maximum atomic E-state index is 11.8. The van der Waals surface area contributed by atoms with E-state index in [1.807, 2.05) is 0 Å². The summed E-state index contributed by atoms with van der Waals surface area (Å²) >= 11 is 0. The number of hydrogen-bond acceptors (Lipinski definition) is 5. The Morgan fingerprint density at radius 3 is 2.50 bits per heavy atom. The Bertz CT molecular complexity index is 497. The van der Waals surface area contributed by atoms with Crippen LogP contribution < -0.4 is 16.2 Å². The van der Waals surface area contributed by atoms with Crippen molar-refractivity contribution in [3.8, 4) is 0 Å². The third-order valence-electron chi connectivity index (χ3n) is 3.61. The highest BCUT2D eigenvalue weighted by atomic mass is 16.1. The molecule has 0 aromatic carbocycles. The van der Waals surface area contributed by atoms with Crippen molar-refractivity contribution in [3.63, 3.8) is 0 Å². The molecule has 0 saturated carbocycles. The number of nitrogens with two attached hydrogens (primary N) is 1. The van der Waals surface area contributed by atoms with Gasteiger partial charge in [-0.25, -0.2) is 4.98 Å². The van der Waals surface area contributed by atoms with Crippen LogP contribution in [0.25, 0.3) is 0 Å². The number of anilines is 1. The Morgan fingerprint density at radius 1 is 1.30 bits per heavy atom. The van der Waals surface area contributed by atoms with E-state index in [1.54, 1.807) is 6.07 Å². The zero-order chi connectivity index (χ0) is 14.8. The van der Waals surface area contributed by atoms with Gasteiger partial charge in [0, 0.05) is 50.7 Å². The minimum absolute atomic E-state index is 0.0793. The van der Waals surface area contributed by atoms with Crippen molar-refractivity contribution in [1.82, 2.24) is 14.9 Å². The SMILES string of the molecule is CC(C)(C)c1cc(=O)[nH]c(N2CCN(CCN)CC2)n1. The first-order chi connectivity index (χ1) is 9.40. The van der Waals surface area contributed by atoms with Crippen LogP contribution in [0.1, 0.15) is 26.5 Å². The zero-order valence-electron chi connectivity index (χ0n) is 12.6. The summed E-state index contributed by atoms with van der Waals surface area (Å²) in [4.78, 5) is 23.8. The molecule has 0 unspecified atom stereocenters. The first kappa shape index (κ1) is 15.0. The Labute approximate surface area is 120 Å². The maximum absolute atomic E-state index is 11.8. The standard InChI is InChI=1S/C14H25N5O/c1-14(2,3)11-10-12(20)17-13(16-11)19-8-6-18(5-4-15)7-9-19/h10H,4-9,15H2,1-3H3,(H,16,17,20). The molecule has 20 heavy (non-hydrogen) atoms. The quantitative estimate of drug-likeness (QED) is 0.823. The molecule has 6 nitrogen and oxygen atoms in total. The molecule has 0 radical (unpaired) electrons. The summed E-state index contributed by atoms with van der Waals surface area (Å²) in [5, 5.41) is 0. The largest absolute Gasteiger partial charge is 0.340 e. The second kappa shape index (κ2) is 5.93. The molecule has 0 spiro atoms. The van der Waals surface area contributed by atoms with Gasteiger partial charge in [0.15, 0.2) is 0 Å². The first-order valence-corrected chi connectivity index (χ1v) is 7.19. The lowest BCUT2D eigenvalue weighted by Crippen LogP contribution is -2.48. The average molecular weight is 279 g/mol. The van der Waals surface area contributed by atoms with E-state index in [9.17, 15) is 4.79 Å². The highest BCUT2D eigenvalue weighted by Gasteiger charge is 2.21. The Morgan fingerprint density at radius 2 is 1.95 bits per heavy atom. The third kappa shape index (κ3) is 3.58. The van der Waals surface area contributed by atoms with Crippen molar-refractivity contribution in [2.24, 2.45) is 5.73 Å². The van der Waals surface area contributed by atoms with E-state index in [0.29, 0.717) is 12.5 Å². The highest BCUT2D eigenvalue weighted by molar-refractivity contribution is 5.32. The fourth-order valence-electron chi connectivity index (χ4n) is 2.34. The topological polar surface area (TPSA) is 78.2 Å². The van der Waals surface area contributed by atoms with Crippen LogP contribution in [0, 0.1) is 0 Å². The van der Waals surface area contributed by atoms with Crippen LogP contribution in [0.4, 0.5) is 5.95 Å². The lowest BCUT2D eigenvalue weighted by molar-refractivity contribution is 0.263. The molecule has 1 saturated heterocycles. The molecule has 2 rings (SSSR count). The number of nitrogens with zero attached hydrogens (tertiary/aromatic N) is 3. The molecule has 0 bridgehead atoms. The molecule has 1 aromatic rings. The van der Waals surface area contributed by atoms with Gasteiger partial charge in [0.1, 0.15) is 0 Å².